The van der Waals surface area contributed by atoms with Gasteiger partial charge in [0.2, 0.25) is 0 Å². The Labute approximate surface area is 155 Å². The molecule has 0 aliphatic heterocycles. The van der Waals surface area contributed by atoms with Gasteiger partial charge in [-0.25, -0.2) is 9.59 Å². The van der Waals surface area contributed by atoms with Crippen molar-refractivity contribution in [1.29, 1.82) is 0 Å². The van der Waals surface area contributed by atoms with E-state index >= 15 is 0 Å². The van der Waals surface area contributed by atoms with Crippen molar-refractivity contribution < 1.29 is 19.4 Å². The summed E-state index contributed by atoms with van der Waals surface area (Å²) < 4.78 is 5.69. The quantitative estimate of drug-likeness (QED) is 0.646. The van der Waals surface area contributed by atoms with Gasteiger partial charge in [-0.05, 0) is 35.4 Å². The van der Waals surface area contributed by atoms with E-state index in [1.165, 1.54) is 12.1 Å². The number of carboxylic acids is 1. The van der Waals surface area contributed by atoms with Gasteiger partial charge in [-0.2, -0.15) is 0 Å². The maximum Gasteiger partial charge on any atom is 0.339 e. The average Bonchev–Trinajstić information content (AvgIpc) is 2.67. The Morgan fingerprint density at radius 2 is 1.31 bits per heavy atom. The molecular formula is C21H15ClO4. The van der Waals surface area contributed by atoms with Gasteiger partial charge >= 0.3 is 11.9 Å². The number of hydrogen-bond donors (Lipinski definition) is 1. The fraction of sp³-hybridized carbons (Fsp3) is 0.0476. The molecule has 0 aliphatic rings. The first-order valence-electron chi connectivity index (χ1n) is 7.90. The van der Waals surface area contributed by atoms with Gasteiger partial charge < -0.3 is 9.84 Å². The SMILES string of the molecule is O=C(O)c1ccccc1C(=O)OC(c1ccccc1)c1ccc(Cl)cc1. The van der Waals surface area contributed by atoms with E-state index in [4.69, 9.17) is 16.3 Å². The second-order valence-electron chi connectivity index (χ2n) is 5.60. The van der Waals surface area contributed by atoms with Crippen LogP contribution in [-0.4, -0.2) is 17.0 Å². The molecule has 3 aromatic carbocycles. The molecule has 130 valence electrons. The molecular weight excluding hydrogens is 352 g/mol. The first kappa shape index (κ1) is 17.7. The van der Waals surface area contributed by atoms with Gasteiger partial charge in [0.25, 0.3) is 0 Å². The molecule has 0 saturated carbocycles. The molecule has 0 aromatic heterocycles. The number of esters is 1. The topological polar surface area (TPSA) is 63.6 Å². The predicted octanol–water partition coefficient (Wildman–Crippen LogP) is 4.98. The molecule has 0 heterocycles. The number of hydrogen-bond acceptors (Lipinski definition) is 3. The molecule has 0 radical (unpaired) electrons. The Bertz CT molecular complexity index is 920. The molecule has 0 aliphatic carbocycles. The lowest BCUT2D eigenvalue weighted by atomic mass is 10.0. The highest BCUT2D eigenvalue weighted by Gasteiger charge is 2.23. The zero-order valence-corrected chi connectivity index (χ0v) is 14.4. The number of aromatic carboxylic acids is 1. The number of ether oxygens (including phenoxy) is 1. The molecule has 0 spiro atoms. The molecule has 1 unspecified atom stereocenters. The van der Waals surface area contributed by atoms with Crippen molar-refractivity contribution in [1.82, 2.24) is 0 Å². The summed E-state index contributed by atoms with van der Waals surface area (Å²) in [7, 11) is 0. The van der Waals surface area contributed by atoms with Gasteiger partial charge in [-0.1, -0.05) is 66.2 Å². The smallest absolute Gasteiger partial charge is 0.339 e. The van der Waals surface area contributed by atoms with Crippen molar-refractivity contribution in [2.24, 2.45) is 0 Å². The van der Waals surface area contributed by atoms with Crippen LogP contribution >= 0.6 is 11.6 Å². The first-order chi connectivity index (χ1) is 12.6. The number of carboxylic acid groups (broad SMARTS) is 1. The Hall–Kier alpha value is -3.11. The van der Waals surface area contributed by atoms with E-state index in [0.717, 1.165) is 11.1 Å². The number of benzene rings is 3. The van der Waals surface area contributed by atoms with Crippen LogP contribution in [0.4, 0.5) is 0 Å². The van der Waals surface area contributed by atoms with Crippen LogP contribution in [-0.2, 0) is 4.74 Å². The van der Waals surface area contributed by atoms with Crippen LogP contribution < -0.4 is 0 Å². The second-order valence-corrected chi connectivity index (χ2v) is 6.03. The van der Waals surface area contributed by atoms with Crippen LogP contribution in [0.3, 0.4) is 0 Å². The third-order valence-corrected chi connectivity index (χ3v) is 4.13. The highest BCUT2D eigenvalue weighted by Crippen LogP contribution is 2.28. The summed E-state index contributed by atoms with van der Waals surface area (Å²) in [6.07, 6.45) is -0.678. The molecule has 1 N–H and O–H groups in total. The summed E-state index contributed by atoms with van der Waals surface area (Å²) in [4.78, 5) is 24.0. The highest BCUT2D eigenvalue weighted by molar-refractivity contribution is 6.30. The molecule has 0 bridgehead atoms. The fourth-order valence-corrected chi connectivity index (χ4v) is 2.74. The lowest BCUT2D eigenvalue weighted by Crippen LogP contribution is -2.16. The largest absolute Gasteiger partial charge is 0.478 e. The monoisotopic (exact) mass is 366 g/mol. The number of carbonyl (C=O) groups is 2. The lowest BCUT2D eigenvalue weighted by Gasteiger charge is -2.19. The minimum Gasteiger partial charge on any atom is -0.478 e. The highest BCUT2D eigenvalue weighted by atomic mass is 35.5. The van der Waals surface area contributed by atoms with Crippen LogP contribution in [0.5, 0.6) is 0 Å². The number of carbonyl (C=O) groups excluding carboxylic acids is 1. The molecule has 3 rings (SSSR count). The van der Waals surface area contributed by atoms with Crippen LogP contribution in [0.15, 0.2) is 78.9 Å². The molecule has 4 nitrogen and oxygen atoms in total. The van der Waals surface area contributed by atoms with Crippen molar-refractivity contribution in [3.8, 4) is 0 Å². The van der Waals surface area contributed by atoms with Gasteiger partial charge in [0.15, 0.2) is 6.10 Å². The molecule has 0 saturated heterocycles. The number of rotatable bonds is 5. The van der Waals surface area contributed by atoms with E-state index in [1.807, 2.05) is 30.3 Å². The van der Waals surface area contributed by atoms with Crippen LogP contribution in [0.2, 0.25) is 5.02 Å². The Balaban J connectivity index is 1.97. The Morgan fingerprint density at radius 1 is 0.769 bits per heavy atom. The van der Waals surface area contributed by atoms with Crippen LogP contribution in [0, 0.1) is 0 Å². The van der Waals surface area contributed by atoms with Crippen molar-refractivity contribution in [3.05, 3.63) is 106 Å². The van der Waals surface area contributed by atoms with Gasteiger partial charge in [-0.3, -0.25) is 0 Å². The maximum atomic E-state index is 12.7. The van der Waals surface area contributed by atoms with E-state index in [-0.39, 0.29) is 11.1 Å². The van der Waals surface area contributed by atoms with Gasteiger partial charge in [0.05, 0.1) is 11.1 Å². The van der Waals surface area contributed by atoms with Crippen molar-refractivity contribution in [2.75, 3.05) is 0 Å². The normalized spacial score (nSPS) is 11.6. The Morgan fingerprint density at radius 3 is 1.92 bits per heavy atom. The summed E-state index contributed by atoms with van der Waals surface area (Å²) >= 11 is 5.95. The van der Waals surface area contributed by atoms with Crippen molar-refractivity contribution in [2.45, 2.75) is 6.10 Å². The summed E-state index contributed by atoms with van der Waals surface area (Å²) in [6, 6.07) is 22.2. The maximum absolute atomic E-state index is 12.7. The first-order valence-corrected chi connectivity index (χ1v) is 8.28. The molecule has 3 aromatic rings. The molecule has 1 atom stereocenters. The zero-order chi connectivity index (χ0) is 18.5. The summed E-state index contributed by atoms with van der Waals surface area (Å²) in [5, 5.41) is 9.86. The average molecular weight is 367 g/mol. The molecule has 5 heteroatoms. The fourth-order valence-electron chi connectivity index (χ4n) is 2.61. The molecule has 0 amide bonds. The Kier molecular flexibility index (Phi) is 5.34. The predicted molar refractivity (Wildman–Crippen MR) is 98.6 cm³/mol. The van der Waals surface area contributed by atoms with E-state index in [1.54, 1.807) is 36.4 Å². The van der Waals surface area contributed by atoms with E-state index < -0.39 is 18.0 Å². The minimum absolute atomic E-state index is 0.00916. The van der Waals surface area contributed by atoms with E-state index in [9.17, 15) is 14.7 Å². The number of halogens is 1. The lowest BCUT2D eigenvalue weighted by molar-refractivity contribution is 0.0371. The second kappa shape index (κ2) is 7.85. The van der Waals surface area contributed by atoms with Crippen LogP contribution in [0.1, 0.15) is 37.9 Å². The standard InChI is InChI=1S/C21H15ClO4/c22-16-12-10-15(11-13-16)19(14-6-2-1-3-7-14)26-21(25)18-9-5-4-8-17(18)20(23)24/h1-13,19H,(H,23,24). The van der Waals surface area contributed by atoms with Crippen molar-refractivity contribution in [3.63, 3.8) is 0 Å². The summed E-state index contributed by atoms with van der Waals surface area (Å²) in [6.45, 7) is 0. The van der Waals surface area contributed by atoms with Gasteiger partial charge in [0.1, 0.15) is 0 Å². The van der Waals surface area contributed by atoms with Gasteiger partial charge in [0, 0.05) is 5.02 Å². The molecule has 26 heavy (non-hydrogen) atoms. The minimum atomic E-state index is -1.18. The summed E-state index contributed by atoms with van der Waals surface area (Å²) in [5.41, 5.74) is 1.42. The van der Waals surface area contributed by atoms with E-state index in [0.29, 0.717) is 5.02 Å². The van der Waals surface area contributed by atoms with Crippen molar-refractivity contribution >= 4 is 23.5 Å². The molecule has 0 fully saturated rings. The summed E-state index contributed by atoms with van der Waals surface area (Å²) in [5.74, 6) is -1.88. The third-order valence-electron chi connectivity index (χ3n) is 3.88. The zero-order valence-electron chi connectivity index (χ0n) is 13.6. The third kappa shape index (κ3) is 3.92. The van der Waals surface area contributed by atoms with Gasteiger partial charge in [-0.15, -0.1) is 0 Å². The van der Waals surface area contributed by atoms with Crippen LogP contribution in [0.25, 0.3) is 0 Å². The van der Waals surface area contributed by atoms with E-state index in [2.05, 4.69) is 0 Å².